The van der Waals surface area contributed by atoms with Crippen molar-refractivity contribution in [3.8, 4) is 0 Å². The zero-order chi connectivity index (χ0) is 20.9. The van der Waals surface area contributed by atoms with Gasteiger partial charge in [-0.15, -0.1) is 0 Å². The number of hydrogen-bond donors (Lipinski definition) is 2. The van der Waals surface area contributed by atoms with Crippen LogP contribution in [-0.2, 0) is 16.8 Å². The standard InChI is InChI=1S/C23H25ClFN3O2/c24-20-17(25)12-19-16(21(20)27-10-5-4-8-18(27)22(29)30)13-23(14-26-9-11-28(19)23)15-6-2-1-3-7-15/h1-3,6-7,12,18,26H,4-5,8-11,13-14H2,(H,29,30)/t18-,23-/m1/s1. The minimum atomic E-state index is -0.876. The molecule has 3 aliphatic heterocycles. The lowest BCUT2D eigenvalue weighted by Crippen LogP contribution is -2.57. The number of halogens is 2. The number of nitrogens with one attached hydrogen (secondary N) is 1. The second kappa shape index (κ2) is 7.43. The number of aliphatic carboxylic acids is 1. The van der Waals surface area contributed by atoms with Crippen LogP contribution in [0.5, 0.6) is 0 Å². The van der Waals surface area contributed by atoms with Gasteiger partial charge >= 0.3 is 5.97 Å². The zero-order valence-corrected chi connectivity index (χ0v) is 17.5. The van der Waals surface area contributed by atoms with Crippen LogP contribution in [0.2, 0.25) is 5.02 Å². The third kappa shape index (κ3) is 2.88. The highest BCUT2D eigenvalue weighted by molar-refractivity contribution is 6.34. The van der Waals surface area contributed by atoms with Gasteiger partial charge in [0.05, 0.1) is 11.2 Å². The molecule has 0 radical (unpaired) electrons. The summed E-state index contributed by atoms with van der Waals surface area (Å²) in [6.45, 7) is 2.88. The first-order valence-electron chi connectivity index (χ1n) is 10.6. The molecule has 3 aliphatic rings. The summed E-state index contributed by atoms with van der Waals surface area (Å²) in [5, 5.41) is 13.4. The molecule has 2 atom stereocenters. The van der Waals surface area contributed by atoms with E-state index in [1.54, 1.807) is 0 Å². The SMILES string of the molecule is O=C(O)[C@H]1CCCCN1c1c(Cl)c(F)cc2c1C[C@]1(c3ccccc3)CNCCN21. The van der Waals surface area contributed by atoms with Crippen LogP contribution >= 0.6 is 11.6 Å². The molecule has 158 valence electrons. The second-order valence-corrected chi connectivity index (χ2v) is 8.84. The Kier molecular flexibility index (Phi) is 4.86. The number of fused-ring (bicyclic) bond motifs is 3. The summed E-state index contributed by atoms with van der Waals surface area (Å²) in [4.78, 5) is 16.1. The van der Waals surface area contributed by atoms with E-state index in [1.165, 1.54) is 11.6 Å². The summed E-state index contributed by atoms with van der Waals surface area (Å²) in [6.07, 6.45) is 2.94. The molecule has 2 aromatic rings. The maximum atomic E-state index is 15.1. The number of nitrogens with zero attached hydrogens (tertiary/aromatic N) is 2. The van der Waals surface area contributed by atoms with Crippen LogP contribution in [0.3, 0.4) is 0 Å². The molecule has 7 heteroatoms. The first kappa shape index (κ1) is 19.6. The Bertz CT molecular complexity index is 986. The fourth-order valence-corrected chi connectivity index (χ4v) is 5.79. The summed E-state index contributed by atoms with van der Waals surface area (Å²) in [6, 6.07) is 11.1. The molecule has 0 unspecified atom stereocenters. The van der Waals surface area contributed by atoms with Gasteiger partial charge in [0.2, 0.25) is 0 Å². The summed E-state index contributed by atoms with van der Waals surface area (Å²) < 4.78 is 15.1. The van der Waals surface area contributed by atoms with Gasteiger partial charge in [0.15, 0.2) is 0 Å². The van der Waals surface area contributed by atoms with E-state index >= 15 is 4.39 Å². The normalized spacial score (nSPS) is 25.7. The number of carboxylic acids is 1. The lowest BCUT2D eigenvalue weighted by atomic mass is 9.84. The molecule has 0 aromatic heterocycles. The molecule has 2 saturated heterocycles. The first-order valence-corrected chi connectivity index (χ1v) is 10.9. The monoisotopic (exact) mass is 429 g/mol. The number of carboxylic acid groups (broad SMARTS) is 1. The highest BCUT2D eigenvalue weighted by Crippen LogP contribution is 2.52. The summed E-state index contributed by atoms with van der Waals surface area (Å²) in [5.74, 6) is -1.36. The largest absolute Gasteiger partial charge is 0.480 e. The summed E-state index contributed by atoms with van der Waals surface area (Å²) in [5.41, 5.74) is 3.21. The van der Waals surface area contributed by atoms with Gasteiger partial charge in [-0.3, -0.25) is 0 Å². The maximum absolute atomic E-state index is 15.1. The molecule has 0 saturated carbocycles. The number of rotatable bonds is 3. The van der Waals surface area contributed by atoms with Crippen LogP contribution < -0.4 is 15.1 Å². The number of hydrogen-bond acceptors (Lipinski definition) is 4. The van der Waals surface area contributed by atoms with Crippen molar-refractivity contribution in [2.45, 2.75) is 37.3 Å². The minimum Gasteiger partial charge on any atom is -0.480 e. The van der Waals surface area contributed by atoms with Crippen molar-refractivity contribution in [2.24, 2.45) is 0 Å². The van der Waals surface area contributed by atoms with E-state index in [9.17, 15) is 9.90 Å². The molecule has 0 spiro atoms. The topological polar surface area (TPSA) is 55.8 Å². The highest BCUT2D eigenvalue weighted by Gasteiger charge is 2.49. The molecule has 0 amide bonds. The van der Waals surface area contributed by atoms with Gasteiger partial charge < -0.3 is 20.2 Å². The number of piperazine rings is 1. The molecule has 2 N–H and O–H groups in total. The Hall–Kier alpha value is -2.31. The van der Waals surface area contributed by atoms with Gasteiger partial charge in [-0.2, -0.15) is 0 Å². The maximum Gasteiger partial charge on any atom is 0.326 e. The van der Waals surface area contributed by atoms with Gasteiger partial charge in [-0.25, -0.2) is 9.18 Å². The smallest absolute Gasteiger partial charge is 0.326 e. The van der Waals surface area contributed by atoms with E-state index < -0.39 is 17.8 Å². The van der Waals surface area contributed by atoms with E-state index in [0.29, 0.717) is 25.1 Å². The van der Waals surface area contributed by atoms with Gasteiger partial charge in [0.25, 0.3) is 0 Å². The Morgan fingerprint density at radius 1 is 1.23 bits per heavy atom. The second-order valence-electron chi connectivity index (χ2n) is 8.46. The lowest BCUT2D eigenvalue weighted by molar-refractivity contribution is -0.139. The third-order valence-electron chi connectivity index (χ3n) is 6.87. The van der Waals surface area contributed by atoms with E-state index in [1.807, 2.05) is 23.1 Å². The first-order chi connectivity index (χ1) is 14.5. The predicted octanol–water partition coefficient (Wildman–Crippen LogP) is 3.78. The zero-order valence-electron chi connectivity index (χ0n) is 16.7. The van der Waals surface area contributed by atoms with Crippen LogP contribution in [0.25, 0.3) is 0 Å². The molecule has 2 aromatic carbocycles. The van der Waals surface area contributed by atoms with Crippen LogP contribution in [0, 0.1) is 5.82 Å². The fraction of sp³-hybridized carbons (Fsp3) is 0.435. The molecule has 0 bridgehead atoms. The fourth-order valence-electron chi connectivity index (χ4n) is 5.51. The molecule has 5 rings (SSSR count). The van der Waals surface area contributed by atoms with Crippen LogP contribution in [-0.4, -0.2) is 43.3 Å². The van der Waals surface area contributed by atoms with Gasteiger partial charge in [0, 0.05) is 43.9 Å². The number of benzene rings is 2. The molecule has 0 aliphatic carbocycles. The van der Waals surface area contributed by atoms with Crippen molar-refractivity contribution < 1.29 is 14.3 Å². The van der Waals surface area contributed by atoms with E-state index in [2.05, 4.69) is 22.3 Å². The van der Waals surface area contributed by atoms with E-state index in [4.69, 9.17) is 11.6 Å². The van der Waals surface area contributed by atoms with Gasteiger partial charge in [0.1, 0.15) is 16.9 Å². The van der Waals surface area contributed by atoms with Crippen molar-refractivity contribution in [3.63, 3.8) is 0 Å². The number of anilines is 2. The van der Waals surface area contributed by atoms with Gasteiger partial charge in [-0.05, 0) is 30.9 Å². The van der Waals surface area contributed by atoms with Crippen molar-refractivity contribution in [1.29, 1.82) is 0 Å². The Morgan fingerprint density at radius 2 is 2.03 bits per heavy atom. The number of carbonyl (C=O) groups is 1. The van der Waals surface area contributed by atoms with Crippen molar-refractivity contribution in [2.75, 3.05) is 36.0 Å². The molecular weight excluding hydrogens is 405 g/mol. The predicted molar refractivity (Wildman–Crippen MR) is 116 cm³/mol. The van der Waals surface area contributed by atoms with Crippen molar-refractivity contribution in [3.05, 3.63) is 58.4 Å². The number of piperidine rings is 1. The van der Waals surface area contributed by atoms with Crippen LogP contribution in [0.15, 0.2) is 36.4 Å². The Morgan fingerprint density at radius 3 is 2.80 bits per heavy atom. The lowest BCUT2D eigenvalue weighted by Gasteiger charge is -2.45. The molecule has 3 heterocycles. The van der Waals surface area contributed by atoms with Gasteiger partial charge in [-0.1, -0.05) is 41.9 Å². The summed E-state index contributed by atoms with van der Waals surface area (Å²) in [7, 11) is 0. The quantitative estimate of drug-likeness (QED) is 0.777. The Balaban J connectivity index is 1.69. The highest BCUT2D eigenvalue weighted by atomic mass is 35.5. The van der Waals surface area contributed by atoms with Crippen molar-refractivity contribution >= 4 is 28.9 Å². The molecule has 5 nitrogen and oxygen atoms in total. The molecule has 2 fully saturated rings. The summed E-state index contributed by atoms with van der Waals surface area (Å²) >= 11 is 6.53. The van der Waals surface area contributed by atoms with Crippen molar-refractivity contribution in [1.82, 2.24) is 5.32 Å². The molecule has 30 heavy (non-hydrogen) atoms. The Labute approximate surface area is 180 Å². The minimum absolute atomic E-state index is 0.0397. The van der Waals surface area contributed by atoms with E-state index in [-0.39, 0.29) is 10.6 Å². The van der Waals surface area contributed by atoms with E-state index in [0.717, 1.165) is 43.7 Å². The average molecular weight is 430 g/mol. The average Bonchev–Trinajstić information content (AvgIpc) is 3.10. The molecular formula is C23H25ClFN3O2. The van der Waals surface area contributed by atoms with Crippen LogP contribution in [0.1, 0.15) is 30.4 Å². The third-order valence-corrected chi connectivity index (χ3v) is 7.23. The van der Waals surface area contributed by atoms with Crippen LogP contribution in [0.4, 0.5) is 15.8 Å².